The molecule has 0 aliphatic heterocycles. The Hall–Kier alpha value is -0.0400. The standard InChI is InChI=1S/C10H20O.C2H6/c1-2-8-11-9-10-6-4-3-5-7-10;1-2/h10H,2-9H2,1H3;1-2H3. The Morgan fingerprint density at radius 2 is 1.69 bits per heavy atom. The quantitative estimate of drug-likeness (QED) is 0.603. The highest BCUT2D eigenvalue weighted by Crippen LogP contribution is 2.23. The maximum atomic E-state index is 5.52. The molecule has 1 aliphatic rings. The van der Waals surface area contributed by atoms with Gasteiger partial charge in [-0.3, -0.25) is 0 Å². The van der Waals surface area contributed by atoms with Crippen LogP contribution in [-0.4, -0.2) is 13.2 Å². The molecule has 1 aliphatic carbocycles. The van der Waals surface area contributed by atoms with Gasteiger partial charge in [-0.25, -0.2) is 0 Å². The summed E-state index contributed by atoms with van der Waals surface area (Å²) < 4.78 is 5.52. The van der Waals surface area contributed by atoms with E-state index in [-0.39, 0.29) is 0 Å². The lowest BCUT2D eigenvalue weighted by Crippen LogP contribution is -2.13. The van der Waals surface area contributed by atoms with Crippen molar-refractivity contribution in [2.75, 3.05) is 13.2 Å². The van der Waals surface area contributed by atoms with E-state index in [9.17, 15) is 0 Å². The molecule has 1 nitrogen and oxygen atoms in total. The van der Waals surface area contributed by atoms with Crippen molar-refractivity contribution in [2.24, 2.45) is 5.92 Å². The monoisotopic (exact) mass is 186 g/mol. The minimum absolute atomic E-state index is 0.885. The topological polar surface area (TPSA) is 9.23 Å². The maximum Gasteiger partial charge on any atom is 0.0494 e. The first kappa shape index (κ1) is 13.0. The molecule has 0 unspecified atom stereocenters. The van der Waals surface area contributed by atoms with Crippen LogP contribution in [0.3, 0.4) is 0 Å². The molecule has 0 spiro atoms. The van der Waals surface area contributed by atoms with Crippen LogP contribution in [0.4, 0.5) is 0 Å². The van der Waals surface area contributed by atoms with Crippen molar-refractivity contribution in [1.29, 1.82) is 0 Å². The van der Waals surface area contributed by atoms with Crippen molar-refractivity contribution in [3.8, 4) is 0 Å². The van der Waals surface area contributed by atoms with Gasteiger partial charge in [0.15, 0.2) is 0 Å². The van der Waals surface area contributed by atoms with E-state index in [1.165, 1.54) is 32.1 Å². The van der Waals surface area contributed by atoms with E-state index in [1.54, 1.807) is 0 Å². The van der Waals surface area contributed by atoms with Crippen molar-refractivity contribution < 1.29 is 4.74 Å². The summed E-state index contributed by atoms with van der Waals surface area (Å²) >= 11 is 0. The summed E-state index contributed by atoms with van der Waals surface area (Å²) in [7, 11) is 0. The van der Waals surface area contributed by atoms with Crippen LogP contribution in [0.2, 0.25) is 0 Å². The van der Waals surface area contributed by atoms with Gasteiger partial charge in [0.2, 0.25) is 0 Å². The van der Waals surface area contributed by atoms with Crippen molar-refractivity contribution in [2.45, 2.75) is 59.3 Å². The largest absolute Gasteiger partial charge is 0.381 e. The van der Waals surface area contributed by atoms with Crippen LogP contribution in [0.5, 0.6) is 0 Å². The van der Waals surface area contributed by atoms with E-state index < -0.39 is 0 Å². The molecule has 0 amide bonds. The third-order valence-electron chi connectivity index (χ3n) is 2.43. The maximum absolute atomic E-state index is 5.52. The van der Waals surface area contributed by atoms with Crippen LogP contribution in [-0.2, 0) is 4.74 Å². The van der Waals surface area contributed by atoms with Gasteiger partial charge < -0.3 is 4.74 Å². The van der Waals surface area contributed by atoms with Gasteiger partial charge in [-0.2, -0.15) is 0 Å². The van der Waals surface area contributed by atoms with Gasteiger partial charge in [-0.15, -0.1) is 0 Å². The average Bonchev–Trinajstić information content (AvgIpc) is 2.23. The average molecular weight is 186 g/mol. The van der Waals surface area contributed by atoms with Crippen molar-refractivity contribution >= 4 is 0 Å². The van der Waals surface area contributed by atoms with Crippen LogP contribution < -0.4 is 0 Å². The van der Waals surface area contributed by atoms with Gasteiger partial charge in [-0.1, -0.05) is 40.0 Å². The van der Waals surface area contributed by atoms with Gasteiger partial charge in [-0.05, 0) is 25.2 Å². The Morgan fingerprint density at radius 3 is 2.23 bits per heavy atom. The molecule has 0 saturated heterocycles. The second kappa shape index (κ2) is 10.0. The molecular formula is C12H26O. The second-order valence-corrected chi connectivity index (χ2v) is 3.58. The highest BCUT2D eigenvalue weighted by molar-refractivity contribution is 4.64. The number of ether oxygens (including phenoxy) is 1. The number of hydrogen-bond acceptors (Lipinski definition) is 1. The van der Waals surface area contributed by atoms with Crippen LogP contribution in [0, 0.1) is 5.92 Å². The summed E-state index contributed by atoms with van der Waals surface area (Å²) in [5.74, 6) is 0.885. The first-order valence-electron chi connectivity index (χ1n) is 6.01. The summed E-state index contributed by atoms with van der Waals surface area (Å²) in [4.78, 5) is 0. The van der Waals surface area contributed by atoms with Crippen molar-refractivity contribution in [3.05, 3.63) is 0 Å². The van der Waals surface area contributed by atoms with E-state index in [0.29, 0.717) is 0 Å². The van der Waals surface area contributed by atoms with Gasteiger partial charge >= 0.3 is 0 Å². The minimum Gasteiger partial charge on any atom is -0.381 e. The zero-order valence-corrected chi connectivity index (χ0v) is 9.64. The predicted octanol–water partition coefficient (Wildman–Crippen LogP) is 4.02. The SMILES string of the molecule is CC.CCCOCC1CCCCC1. The zero-order valence-electron chi connectivity index (χ0n) is 9.64. The lowest BCUT2D eigenvalue weighted by Gasteiger charge is -2.20. The molecule has 0 aromatic rings. The van der Waals surface area contributed by atoms with Crippen molar-refractivity contribution in [3.63, 3.8) is 0 Å². The van der Waals surface area contributed by atoms with Gasteiger partial charge in [0, 0.05) is 13.2 Å². The van der Waals surface area contributed by atoms with E-state index in [4.69, 9.17) is 4.74 Å². The molecule has 0 N–H and O–H groups in total. The first-order valence-corrected chi connectivity index (χ1v) is 6.01. The molecule has 1 saturated carbocycles. The Balaban J connectivity index is 0.000000671. The third-order valence-corrected chi connectivity index (χ3v) is 2.43. The lowest BCUT2D eigenvalue weighted by atomic mass is 9.90. The predicted molar refractivity (Wildman–Crippen MR) is 59.0 cm³/mol. The van der Waals surface area contributed by atoms with Crippen LogP contribution >= 0.6 is 0 Å². The summed E-state index contributed by atoms with van der Waals surface area (Å²) in [5.41, 5.74) is 0. The highest BCUT2D eigenvalue weighted by Gasteiger charge is 2.12. The van der Waals surface area contributed by atoms with Gasteiger partial charge in [0.1, 0.15) is 0 Å². The molecule has 1 heteroatoms. The Bertz CT molecular complexity index is 85.1. The first-order chi connectivity index (χ1) is 6.43. The van der Waals surface area contributed by atoms with E-state index in [2.05, 4.69) is 6.92 Å². The molecule has 0 aromatic carbocycles. The molecule has 0 bridgehead atoms. The van der Waals surface area contributed by atoms with Gasteiger partial charge in [0.25, 0.3) is 0 Å². The molecule has 0 radical (unpaired) electrons. The summed E-state index contributed by atoms with van der Waals surface area (Å²) in [6.45, 7) is 8.14. The zero-order chi connectivity index (χ0) is 9.94. The number of hydrogen-bond donors (Lipinski definition) is 0. The van der Waals surface area contributed by atoms with Crippen LogP contribution in [0.1, 0.15) is 59.3 Å². The van der Waals surface area contributed by atoms with Gasteiger partial charge in [0.05, 0.1) is 0 Å². The minimum atomic E-state index is 0.885. The summed E-state index contributed by atoms with van der Waals surface area (Å²) in [5, 5.41) is 0. The van der Waals surface area contributed by atoms with E-state index >= 15 is 0 Å². The molecule has 1 rings (SSSR count). The Kier molecular flexibility index (Phi) is 10.0. The molecule has 80 valence electrons. The summed E-state index contributed by atoms with van der Waals surface area (Å²) in [6, 6.07) is 0. The lowest BCUT2D eigenvalue weighted by molar-refractivity contribution is 0.0858. The smallest absolute Gasteiger partial charge is 0.0494 e. The number of rotatable bonds is 4. The molecule has 0 heterocycles. The fourth-order valence-corrected chi connectivity index (χ4v) is 1.75. The Morgan fingerprint density at radius 1 is 1.08 bits per heavy atom. The molecule has 1 fully saturated rings. The Labute approximate surface area is 83.9 Å². The van der Waals surface area contributed by atoms with Crippen LogP contribution in [0.25, 0.3) is 0 Å². The molecule has 0 atom stereocenters. The fourth-order valence-electron chi connectivity index (χ4n) is 1.75. The highest BCUT2D eigenvalue weighted by atomic mass is 16.5. The molecule has 13 heavy (non-hydrogen) atoms. The second-order valence-electron chi connectivity index (χ2n) is 3.58. The van der Waals surface area contributed by atoms with Crippen molar-refractivity contribution in [1.82, 2.24) is 0 Å². The molecule has 0 aromatic heterocycles. The van der Waals surface area contributed by atoms with Crippen LogP contribution in [0.15, 0.2) is 0 Å². The fraction of sp³-hybridized carbons (Fsp3) is 1.00. The third kappa shape index (κ3) is 7.06. The van der Waals surface area contributed by atoms with E-state index in [1.807, 2.05) is 13.8 Å². The van der Waals surface area contributed by atoms with E-state index in [0.717, 1.165) is 25.6 Å². The summed E-state index contributed by atoms with van der Waals surface area (Å²) in [6.07, 6.45) is 8.28. The normalized spacial score (nSPS) is 17.8. The molecular weight excluding hydrogens is 160 g/mol.